The van der Waals surface area contributed by atoms with E-state index in [1.165, 1.54) is 18.2 Å². The number of aromatic carboxylic acids is 1. The minimum atomic E-state index is -1.50. The minimum absolute atomic E-state index is 0.0416. The van der Waals surface area contributed by atoms with Crippen molar-refractivity contribution < 1.29 is 23.1 Å². The highest BCUT2D eigenvalue weighted by molar-refractivity contribution is 9.10. The number of hydrogen-bond acceptors (Lipinski definition) is 2. The summed E-state index contributed by atoms with van der Waals surface area (Å²) in [5.74, 6) is -4.04. The van der Waals surface area contributed by atoms with Crippen LogP contribution >= 0.6 is 15.9 Å². The summed E-state index contributed by atoms with van der Waals surface area (Å²) in [6, 6.07) is 5.36. The van der Waals surface area contributed by atoms with Crippen molar-refractivity contribution in [2.24, 2.45) is 0 Å². The molecule has 0 bridgehead atoms. The zero-order valence-electron chi connectivity index (χ0n) is 10.5. The molecule has 0 saturated heterocycles. The van der Waals surface area contributed by atoms with Gasteiger partial charge in [0.15, 0.2) is 0 Å². The molecular formula is C14H9BrF3NO2. The van der Waals surface area contributed by atoms with Gasteiger partial charge in [0.2, 0.25) is 0 Å². The van der Waals surface area contributed by atoms with Crippen molar-refractivity contribution in [2.75, 3.05) is 5.32 Å². The summed E-state index contributed by atoms with van der Waals surface area (Å²) in [7, 11) is 0. The first-order valence-corrected chi connectivity index (χ1v) is 6.58. The third-order valence-electron chi connectivity index (χ3n) is 2.76. The van der Waals surface area contributed by atoms with Crippen molar-refractivity contribution in [1.82, 2.24) is 0 Å². The van der Waals surface area contributed by atoms with Crippen molar-refractivity contribution in [1.29, 1.82) is 0 Å². The average molecular weight is 360 g/mol. The molecular weight excluding hydrogens is 351 g/mol. The summed E-state index contributed by atoms with van der Waals surface area (Å²) in [5.41, 5.74) is -0.308. The number of carboxylic acids is 1. The molecule has 0 fully saturated rings. The fourth-order valence-electron chi connectivity index (χ4n) is 1.72. The molecule has 21 heavy (non-hydrogen) atoms. The van der Waals surface area contributed by atoms with Crippen LogP contribution in [-0.2, 0) is 6.54 Å². The summed E-state index contributed by atoms with van der Waals surface area (Å²) >= 11 is 3.22. The lowest BCUT2D eigenvalue weighted by atomic mass is 10.1. The van der Waals surface area contributed by atoms with Crippen LogP contribution < -0.4 is 5.32 Å². The number of hydrogen-bond donors (Lipinski definition) is 2. The van der Waals surface area contributed by atoms with E-state index in [-0.39, 0.29) is 12.2 Å². The second-order valence-corrected chi connectivity index (χ2v) is 5.06. The van der Waals surface area contributed by atoms with E-state index in [1.807, 2.05) is 0 Å². The monoisotopic (exact) mass is 359 g/mol. The Bertz CT molecular complexity index is 707. The number of carboxylic acid groups (broad SMARTS) is 1. The largest absolute Gasteiger partial charge is 0.478 e. The van der Waals surface area contributed by atoms with Gasteiger partial charge in [0.1, 0.15) is 17.5 Å². The first-order chi connectivity index (χ1) is 9.88. The number of nitrogens with one attached hydrogen (secondary N) is 1. The summed E-state index contributed by atoms with van der Waals surface area (Å²) in [4.78, 5) is 10.8. The van der Waals surface area contributed by atoms with E-state index < -0.39 is 29.0 Å². The zero-order chi connectivity index (χ0) is 15.6. The van der Waals surface area contributed by atoms with Gasteiger partial charge in [0.25, 0.3) is 0 Å². The van der Waals surface area contributed by atoms with E-state index in [2.05, 4.69) is 21.2 Å². The van der Waals surface area contributed by atoms with Crippen molar-refractivity contribution in [3.05, 3.63) is 63.4 Å². The molecule has 2 aromatic carbocycles. The number of halogens is 4. The molecule has 2 aromatic rings. The number of rotatable bonds is 4. The Morgan fingerprint density at radius 1 is 1.14 bits per heavy atom. The molecule has 2 N–H and O–H groups in total. The molecule has 7 heteroatoms. The van der Waals surface area contributed by atoms with Crippen LogP contribution in [0.15, 0.2) is 34.8 Å². The fourth-order valence-corrected chi connectivity index (χ4v) is 2.10. The van der Waals surface area contributed by atoms with Crippen molar-refractivity contribution in [2.45, 2.75) is 6.54 Å². The summed E-state index contributed by atoms with van der Waals surface area (Å²) in [6.45, 7) is 0.0416. The Kier molecular flexibility index (Phi) is 4.52. The van der Waals surface area contributed by atoms with Crippen molar-refractivity contribution in [3.8, 4) is 0 Å². The van der Waals surface area contributed by atoms with Gasteiger partial charge in [0, 0.05) is 17.1 Å². The third-order valence-corrected chi connectivity index (χ3v) is 3.54. The molecule has 0 spiro atoms. The van der Waals surface area contributed by atoms with Crippen LogP contribution in [0, 0.1) is 17.5 Å². The van der Waals surface area contributed by atoms with Gasteiger partial charge in [0.05, 0.1) is 11.3 Å². The molecule has 0 amide bonds. The van der Waals surface area contributed by atoms with Gasteiger partial charge in [-0.05, 0) is 29.8 Å². The van der Waals surface area contributed by atoms with Crippen LogP contribution in [0.1, 0.15) is 15.9 Å². The number of carbonyl (C=O) groups is 1. The van der Waals surface area contributed by atoms with Crippen molar-refractivity contribution >= 4 is 27.6 Å². The maximum absolute atomic E-state index is 13.6. The molecule has 0 unspecified atom stereocenters. The number of anilines is 1. The maximum Gasteiger partial charge on any atom is 0.338 e. The van der Waals surface area contributed by atoms with E-state index in [1.54, 1.807) is 0 Å². The Balaban J connectivity index is 2.25. The van der Waals surface area contributed by atoms with Gasteiger partial charge in [-0.15, -0.1) is 0 Å². The summed E-state index contributed by atoms with van der Waals surface area (Å²) in [6.07, 6.45) is 0. The maximum atomic E-state index is 13.6. The van der Waals surface area contributed by atoms with Gasteiger partial charge >= 0.3 is 5.97 Å². The second-order valence-electron chi connectivity index (χ2n) is 4.21. The highest BCUT2D eigenvalue weighted by Crippen LogP contribution is 2.23. The van der Waals surface area contributed by atoms with Crippen molar-refractivity contribution in [3.63, 3.8) is 0 Å². The van der Waals surface area contributed by atoms with E-state index in [4.69, 9.17) is 5.11 Å². The second kappa shape index (κ2) is 6.17. The van der Waals surface area contributed by atoms with E-state index in [0.29, 0.717) is 16.1 Å². The van der Waals surface area contributed by atoms with Crippen LogP contribution in [0.2, 0.25) is 0 Å². The Hall–Kier alpha value is -2.02. The van der Waals surface area contributed by atoms with Crippen LogP contribution in [0.5, 0.6) is 0 Å². The lowest BCUT2D eigenvalue weighted by Crippen LogP contribution is -2.07. The van der Waals surface area contributed by atoms with E-state index in [9.17, 15) is 18.0 Å². The molecule has 3 nitrogen and oxygen atoms in total. The van der Waals surface area contributed by atoms with E-state index >= 15 is 0 Å². The third kappa shape index (κ3) is 3.55. The average Bonchev–Trinajstić information content (AvgIpc) is 2.41. The predicted molar refractivity (Wildman–Crippen MR) is 74.7 cm³/mol. The van der Waals surface area contributed by atoms with Crippen LogP contribution in [-0.4, -0.2) is 11.1 Å². The quantitative estimate of drug-likeness (QED) is 0.860. The molecule has 2 rings (SSSR count). The van der Waals surface area contributed by atoms with Gasteiger partial charge in [-0.3, -0.25) is 0 Å². The molecule has 0 atom stereocenters. The topological polar surface area (TPSA) is 49.3 Å². The molecule has 0 saturated carbocycles. The lowest BCUT2D eigenvalue weighted by molar-refractivity contribution is 0.0692. The molecule has 0 aromatic heterocycles. The molecule has 0 aliphatic carbocycles. The van der Waals surface area contributed by atoms with E-state index in [0.717, 1.165) is 6.07 Å². The molecule has 0 radical (unpaired) electrons. The Labute approximate surface area is 126 Å². The van der Waals surface area contributed by atoms with Gasteiger partial charge in [-0.25, -0.2) is 18.0 Å². The number of benzene rings is 2. The lowest BCUT2D eigenvalue weighted by Gasteiger charge is -2.10. The van der Waals surface area contributed by atoms with Gasteiger partial charge < -0.3 is 10.4 Å². The Morgan fingerprint density at radius 3 is 2.52 bits per heavy atom. The standard InChI is InChI=1S/C14H9BrF3NO2/c15-10-2-1-8(16)3-7(10)6-19-13-4-9(14(20)21)11(17)5-12(13)18/h1-5,19H,6H2,(H,20,21). The first kappa shape index (κ1) is 15.4. The normalized spacial score (nSPS) is 10.5. The molecule has 110 valence electrons. The summed E-state index contributed by atoms with van der Waals surface area (Å²) < 4.78 is 40.6. The van der Waals surface area contributed by atoms with Gasteiger partial charge in [-0.2, -0.15) is 0 Å². The molecule has 0 heterocycles. The Morgan fingerprint density at radius 2 is 1.86 bits per heavy atom. The SMILES string of the molecule is O=C(O)c1cc(NCc2cc(F)ccc2Br)c(F)cc1F. The predicted octanol–water partition coefficient (Wildman–Crippen LogP) is 4.18. The smallest absolute Gasteiger partial charge is 0.338 e. The summed E-state index contributed by atoms with van der Waals surface area (Å²) in [5, 5.41) is 11.4. The minimum Gasteiger partial charge on any atom is -0.478 e. The van der Waals surface area contributed by atoms with Gasteiger partial charge in [-0.1, -0.05) is 15.9 Å². The molecule has 0 aliphatic rings. The fraction of sp³-hybridized carbons (Fsp3) is 0.0714. The molecule has 0 aliphatic heterocycles. The van der Waals surface area contributed by atoms with Crippen LogP contribution in [0.4, 0.5) is 18.9 Å². The zero-order valence-corrected chi connectivity index (χ0v) is 12.0. The highest BCUT2D eigenvalue weighted by atomic mass is 79.9. The van der Waals surface area contributed by atoms with Crippen LogP contribution in [0.25, 0.3) is 0 Å². The van der Waals surface area contributed by atoms with Crippen LogP contribution in [0.3, 0.4) is 0 Å². The first-order valence-electron chi connectivity index (χ1n) is 5.78. The highest BCUT2D eigenvalue weighted by Gasteiger charge is 2.15.